The van der Waals surface area contributed by atoms with Crippen LogP contribution in [0, 0.1) is 6.92 Å². The summed E-state index contributed by atoms with van der Waals surface area (Å²) in [4.78, 5) is 14.4. The van der Waals surface area contributed by atoms with Crippen LogP contribution in [-0.2, 0) is 0 Å². The fourth-order valence-corrected chi connectivity index (χ4v) is 0.818. The number of urea groups is 1. The van der Waals surface area contributed by atoms with Gasteiger partial charge in [-0.05, 0) is 18.6 Å². The molecule has 0 aliphatic heterocycles. The Balaban J connectivity index is 2.55. The third-order valence-corrected chi connectivity index (χ3v) is 1.41. The molecule has 1 aromatic heterocycles. The lowest BCUT2D eigenvalue weighted by molar-refractivity contribution is -0.144. The summed E-state index contributed by atoms with van der Waals surface area (Å²) in [7, 11) is 0. The monoisotopic (exact) mass is 219 g/mol. The number of rotatable bonds is 1. The van der Waals surface area contributed by atoms with E-state index in [1.807, 2.05) is 5.32 Å². The quantitative estimate of drug-likeness (QED) is 0.710. The highest BCUT2D eigenvalue weighted by molar-refractivity contribution is 5.88. The molecule has 0 saturated heterocycles. The summed E-state index contributed by atoms with van der Waals surface area (Å²) in [5.41, 5.74) is 0.844. The lowest BCUT2D eigenvalue weighted by Gasteiger charge is -2.09. The van der Waals surface area contributed by atoms with Crippen LogP contribution >= 0.6 is 0 Å². The molecule has 1 heterocycles. The van der Waals surface area contributed by atoms with E-state index >= 15 is 0 Å². The Morgan fingerprint density at radius 3 is 2.53 bits per heavy atom. The maximum Gasteiger partial charge on any atom is 0.485 e. The average molecular weight is 219 g/mol. The van der Waals surface area contributed by atoms with Gasteiger partial charge in [-0.25, -0.2) is 15.1 Å². The summed E-state index contributed by atoms with van der Waals surface area (Å²) in [6.07, 6.45) is -3.31. The second-order valence-corrected chi connectivity index (χ2v) is 2.80. The number of alkyl halides is 3. The largest absolute Gasteiger partial charge is 0.485 e. The van der Waals surface area contributed by atoms with Gasteiger partial charge in [0.05, 0.1) is 0 Å². The minimum absolute atomic E-state index is 0.0577. The molecule has 0 aliphatic carbocycles. The van der Waals surface area contributed by atoms with Crippen LogP contribution in [0.4, 0.5) is 23.8 Å². The van der Waals surface area contributed by atoms with E-state index in [1.54, 1.807) is 13.0 Å². The number of nitrogens with one attached hydrogen (secondary N) is 2. The molecule has 7 heteroatoms. The Morgan fingerprint density at radius 2 is 2.07 bits per heavy atom. The Bertz CT molecular complexity index is 347. The average Bonchev–Trinajstić information content (AvgIpc) is 2.05. The van der Waals surface area contributed by atoms with E-state index in [-0.39, 0.29) is 5.82 Å². The van der Waals surface area contributed by atoms with E-state index in [4.69, 9.17) is 0 Å². The zero-order valence-electron chi connectivity index (χ0n) is 7.72. The second kappa shape index (κ2) is 4.16. The number of aryl methyl sites for hydroxylation is 1. The van der Waals surface area contributed by atoms with Gasteiger partial charge >= 0.3 is 12.3 Å². The van der Waals surface area contributed by atoms with Crippen LogP contribution in [0.5, 0.6) is 0 Å². The van der Waals surface area contributed by atoms with Gasteiger partial charge in [-0.3, -0.25) is 5.32 Å². The van der Waals surface area contributed by atoms with Crippen LogP contribution in [0.15, 0.2) is 18.3 Å². The number of carbonyl (C=O) groups excluding carboxylic acids is 1. The standard InChI is InChI=1S/C8H8F3N3O/c1-5-2-3-6(12-4-5)13-7(15)14-8(9,10)11/h2-4H,1H3,(H2,12,13,14,15). The molecule has 15 heavy (non-hydrogen) atoms. The predicted octanol–water partition coefficient (Wildman–Crippen LogP) is 2.03. The minimum Gasteiger partial charge on any atom is -0.292 e. The zero-order valence-corrected chi connectivity index (χ0v) is 7.72. The highest BCUT2D eigenvalue weighted by atomic mass is 19.4. The number of hydrogen-bond donors (Lipinski definition) is 2. The molecule has 0 saturated carbocycles. The van der Waals surface area contributed by atoms with Gasteiger partial charge in [-0.1, -0.05) is 6.07 Å². The molecule has 82 valence electrons. The SMILES string of the molecule is Cc1ccc(NC(=O)NC(F)(F)F)nc1. The van der Waals surface area contributed by atoms with E-state index in [0.717, 1.165) is 10.9 Å². The van der Waals surface area contributed by atoms with Crippen molar-refractivity contribution in [2.75, 3.05) is 5.32 Å². The number of hydrogen-bond acceptors (Lipinski definition) is 2. The van der Waals surface area contributed by atoms with Gasteiger partial charge in [0.1, 0.15) is 5.82 Å². The number of carbonyl (C=O) groups is 1. The van der Waals surface area contributed by atoms with Crippen LogP contribution in [0.2, 0.25) is 0 Å². The molecule has 0 aliphatic rings. The number of anilines is 1. The van der Waals surface area contributed by atoms with Crippen molar-refractivity contribution in [1.29, 1.82) is 0 Å². The number of pyridine rings is 1. The lowest BCUT2D eigenvalue weighted by Crippen LogP contribution is -2.40. The molecular weight excluding hydrogens is 211 g/mol. The van der Waals surface area contributed by atoms with Crippen LogP contribution in [-0.4, -0.2) is 17.3 Å². The van der Waals surface area contributed by atoms with Gasteiger partial charge in [0.2, 0.25) is 0 Å². The van der Waals surface area contributed by atoms with Gasteiger partial charge in [-0.2, -0.15) is 13.2 Å². The zero-order chi connectivity index (χ0) is 11.5. The van der Waals surface area contributed by atoms with Crippen LogP contribution in [0.25, 0.3) is 0 Å². The molecule has 1 aromatic rings. The van der Waals surface area contributed by atoms with E-state index in [2.05, 4.69) is 4.98 Å². The molecule has 4 nitrogen and oxygen atoms in total. The van der Waals surface area contributed by atoms with Crippen molar-refractivity contribution in [2.45, 2.75) is 13.2 Å². The molecular formula is C8H8F3N3O. The molecule has 2 amide bonds. The van der Waals surface area contributed by atoms with E-state index in [0.29, 0.717) is 0 Å². The molecule has 0 fully saturated rings. The van der Waals surface area contributed by atoms with Gasteiger partial charge in [-0.15, -0.1) is 0 Å². The molecule has 0 bridgehead atoms. The smallest absolute Gasteiger partial charge is 0.292 e. The second-order valence-electron chi connectivity index (χ2n) is 2.80. The maximum atomic E-state index is 11.7. The Morgan fingerprint density at radius 1 is 1.40 bits per heavy atom. The fourth-order valence-electron chi connectivity index (χ4n) is 0.818. The molecule has 2 N–H and O–H groups in total. The number of halogens is 3. The van der Waals surface area contributed by atoms with Crippen molar-refractivity contribution in [3.63, 3.8) is 0 Å². The van der Waals surface area contributed by atoms with Gasteiger partial charge in [0, 0.05) is 6.20 Å². The van der Waals surface area contributed by atoms with E-state index < -0.39 is 12.3 Å². The van der Waals surface area contributed by atoms with Gasteiger partial charge in [0.15, 0.2) is 0 Å². The first kappa shape index (κ1) is 11.3. The lowest BCUT2D eigenvalue weighted by atomic mass is 10.3. The minimum atomic E-state index is -4.74. The highest BCUT2D eigenvalue weighted by Crippen LogP contribution is 2.10. The van der Waals surface area contributed by atoms with Crippen molar-refractivity contribution < 1.29 is 18.0 Å². The first-order valence-corrected chi connectivity index (χ1v) is 3.95. The maximum absolute atomic E-state index is 11.7. The van der Waals surface area contributed by atoms with Crippen LogP contribution in [0.3, 0.4) is 0 Å². The molecule has 0 radical (unpaired) electrons. The summed E-state index contributed by atoms with van der Waals surface area (Å²) < 4.78 is 35.0. The summed E-state index contributed by atoms with van der Waals surface area (Å²) >= 11 is 0. The number of aromatic nitrogens is 1. The van der Waals surface area contributed by atoms with E-state index in [9.17, 15) is 18.0 Å². The molecule has 0 atom stereocenters. The normalized spacial score (nSPS) is 10.9. The van der Waals surface area contributed by atoms with Gasteiger partial charge in [0.25, 0.3) is 0 Å². The summed E-state index contributed by atoms with van der Waals surface area (Å²) in [6.45, 7) is 1.77. The summed E-state index contributed by atoms with van der Waals surface area (Å²) in [5.74, 6) is 0.0577. The Labute approximate surface area is 83.5 Å². The van der Waals surface area contributed by atoms with E-state index in [1.165, 1.54) is 12.3 Å². The summed E-state index contributed by atoms with van der Waals surface area (Å²) in [6, 6.07) is 1.67. The molecule has 0 unspecified atom stereocenters. The Hall–Kier alpha value is -1.79. The third kappa shape index (κ3) is 4.30. The number of nitrogens with zero attached hydrogens (tertiary/aromatic N) is 1. The van der Waals surface area contributed by atoms with Gasteiger partial charge < -0.3 is 0 Å². The highest BCUT2D eigenvalue weighted by Gasteiger charge is 2.30. The van der Waals surface area contributed by atoms with Crippen molar-refractivity contribution >= 4 is 11.8 Å². The summed E-state index contributed by atoms with van der Waals surface area (Å²) in [5, 5.41) is 2.74. The van der Waals surface area contributed by atoms with Crippen LogP contribution < -0.4 is 10.6 Å². The van der Waals surface area contributed by atoms with Crippen LogP contribution in [0.1, 0.15) is 5.56 Å². The van der Waals surface area contributed by atoms with Crippen molar-refractivity contribution in [3.8, 4) is 0 Å². The fraction of sp³-hybridized carbons (Fsp3) is 0.250. The molecule has 1 rings (SSSR count). The topological polar surface area (TPSA) is 54.0 Å². The van der Waals surface area contributed by atoms with Crippen molar-refractivity contribution in [1.82, 2.24) is 10.3 Å². The predicted molar refractivity (Wildman–Crippen MR) is 47.2 cm³/mol. The van der Waals surface area contributed by atoms with Crippen molar-refractivity contribution in [3.05, 3.63) is 23.9 Å². The number of amides is 2. The third-order valence-electron chi connectivity index (χ3n) is 1.41. The molecule has 0 aromatic carbocycles. The first-order valence-electron chi connectivity index (χ1n) is 3.95. The molecule has 0 spiro atoms. The first-order chi connectivity index (χ1) is 6.87. The van der Waals surface area contributed by atoms with Crippen molar-refractivity contribution in [2.24, 2.45) is 0 Å². The Kier molecular flexibility index (Phi) is 3.13.